The Balaban J connectivity index is 1.06. The first-order valence-corrected chi connectivity index (χ1v) is 29.4. The molecular weight excluding hydrogens is 987 g/mol. The zero-order chi connectivity index (χ0) is 54.3. The van der Waals surface area contributed by atoms with Crippen molar-refractivity contribution in [2.24, 2.45) is 29.6 Å². The first-order valence-electron chi connectivity index (χ1n) is 29.4. The van der Waals surface area contributed by atoms with E-state index >= 15 is 4.79 Å². The summed E-state index contributed by atoms with van der Waals surface area (Å²) in [6, 6.07) is 15.2. The SMILES string of the molecule is C[C@@](O)(CNc1cc(CO)cc([C@@H]2C#C[C@@H]3CC(=O)Oc4c3cc(c(O)c4C3CCCCC3)C[C@H]3OC(=O)/C(=C\[C@H](O)Cc4cccc(c4)C[C@@H]4C(=O)CC[C@@H]5[C@H]4C[C@@H]4C=CCC[C@@H]4[C@]53O)C2)c1)[C@H](O)COC1CCCCC1. The number of nitrogens with one attached hydrogen (secondary N) is 1. The summed E-state index contributed by atoms with van der Waals surface area (Å²) >= 11 is 0. The molecular formula is C65H79NO12. The molecule has 10 bridgehead atoms. The Bertz CT molecular complexity index is 2870. The van der Waals surface area contributed by atoms with Gasteiger partial charge in [0.2, 0.25) is 0 Å². The average molecular weight is 1070 g/mol. The highest BCUT2D eigenvalue weighted by molar-refractivity contribution is 5.89. The number of phenolic OH excluding ortho intramolecular Hbond substituents is 1. The standard InChI is InChI=1S/C65H79NO12/c1-64(74,57(70)36-76-50-16-6-3-7-17-50)37-66-48-25-40(35-67)24-45(29-48)42-19-20-43-34-59(71)78-62-51(43)32-46(61(72)60(62)41-13-4-2-5-14-41)33-58-65(75)54-18-9-8-15-44(54)31-52-53(56(69)22-21-55(52)65)27-39-12-10-11-38(23-39)26-49(68)30-47(28-42)63(73)77-58/h8,10-12,15,23-25,29-30,32,41-44,49-50,52-55,57-58,66-68,70,72,74-75H,2-7,9,13-14,16-18,21-22,26-28,31,33-37H2,1H3/b47-30-/t42-,43-,44+,49-,52+,53+,54+,55-,57-,58-,64-,65+/m1/s1. The van der Waals surface area contributed by atoms with E-state index in [1.165, 1.54) is 6.08 Å². The smallest absolute Gasteiger partial charge is 0.334 e. The van der Waals surface area contributed by atoms with E-state index in [4.69, 9.17) is 14.2 Å². The normalized spacial score (nSPS) is 32.3. The number of hydrogen-bond donors (Lipinski definition) is 7. The molecule has 4 saturated carbocycles. The monoisotopic (exact) mass is 1070 g/mol. The van der Waals surface area contributed by atoms with E-state index in [1.54, 1.807) is 19.1 Å². The Morgan fingerprint density at radius 1 is 0.872 bits per heavy atom. The molecule has 3 aliphatic heterocycles. The van der Waals surface area contributed by atoms with Crippen molar-refractivity contribution >= 4 is 23.4 Å². The zero-order valence-corrected chi connectivity index (χ0v) is 45.2. The summed E-state index contributed by atoms with van der Waals surface area (Å²) in [6.07, 6.45) is 15.0. The highest BCUT2D eigenvalue weighted by atomic mass is 16.6. The van der Waals surface area contributed by atoms with Crippen LogP contribution in [-0.2, 0) is 49.7 Å². The zero-order valence-electron chi connectivity index (χ0n) is 45.2. The molecule has 0 aromatic heterocycles. The number of allylic oxidation sites excluding steroid dienone is 2. The topological polar surface area (TPSA) is 212 Å². The van der Waals surface area contributed by atoms with Crippen molar-refractivity contribution in [2.75, 3.05) is 18.5 Å². The Hall–Kier alpha value is -5.33. The van der Waals surface area contributed by atoms with Gasteiger partial charge < -0.3 is 50.2 Å². The van der Waals surface area contributed by atoms with Gasteiger partial charge in [-0.05, 0) is 153 Å². The first-order chi connectivity index (χ1) is 37.6. The van der Waals surface area contributed by atoms with Gasteiger partial charge in [-0.25, -0.2) is 4.79 Å². The largest absolute Gasteiger partial charge is 0.507 e. The maximum Gasteiger partial charge on any atom is 0.334 e. The summed E-state index contributed by atoms with van der Waals surface area (Å²) in [4.78, 5) is 43.9. The van der Waals surface area contributed by atoms with Crippen LogP contribution in [0.2, 0.25) is 0 Å². The van der Waals surface area contributed by atoms with Crippen LogP contribution in [0.3, 0.4) is 0 Å². The van der Waals surface area contributed by atoms with Gasteiger partial charge in [0.05, 0.1) is 37.8 Å². The van der Waals surface area contributed by atoms with Crippen LogP contribution in [0.15, 0.2) is 72.3 Å². The van der Waals surface area contributed by atoms with Crippen LogP contribution in [0.4, 0.5) is 5.69 Å². The average Bonchev–Trinajstić information content (AvgIpc) is 3.65. The molecule has 3 aromatic rings. The van der Waals surface area contributed by atoms with Gasteiger partial charge in [-0.2, -0.15) is 0 Å². The van der Waals surface area contributed by atoms with Gasteiger partial charge in [-0.1, -0.05) is 92.8 Å². The summed E-state index contributed by atoms with van der Waals surface area (Å²) in [5, 5.41) is 76.1. The lowest BCUT2D eigenvalue weighted by molar-refractivity contribution is -0.221. The fourth-order valence-electron chi connectivity index (χ4n) is 15.2. The molecule has 0 saturated heterocycles. The highest BCUT2D eigenvalue weighted by Gasteiger charge is 2.62. The number of rotatable bonds is 10. The van der Waals surface area contributed by atoms with Gasteiger partial charge in [0, 0.05) is 60.0 Å². The van der Waals surface area contributed by atoms with Crippen LogP contribution in [-0.4, -0.2) is 97.1 Å². The second kappa shape index (κ2) is 23.0. The van der Waals surface area contributed by atoms with Crippen molar-refractivity contribution in [2.45, 2.75) is 195 Å². The number of phenols is 1. The number of aromatic hydroxyl groups is 1. The summed E-state index contributed by atoms with van der Waals surface area (Å²) in [5.74, 6) is 2.99. The maximum absolute atomic E-state index is 15.7. The number of anilines is 1. The molecule has 0 unspecified atom stereocenters. The van der Waals surface area contributed by atoms with Crippen LogP contribution in [0.25, 0.3) is 0 Å². The fraction of sp³-hybridized carbons (Fsp3) is 0.585. The molecule has 3 aromatic carbocycles. The minimum Gasteiger partial charge on any atom is -0.507 e. The van der Waals surface area contributed by atoms with E-state index < -0.39 is 65.1 Å². The molecule has 12 atom stereocenters. The Morgan fingerprint density at radius 2 is 1.63 bits per heavy atom. The number of ether oxygens (including phenoxy) is 3. The van der Waals surface area contributed by atoms with Crippen molar-refractivity contribution in [1.82, 2.24) is 0 Å². The predicted octanol–water partition coefficient (Wildman–Crippen LogP) is 8.86. The molecule has 13 heteroatoms. The number of esters is 2. The molecule has 0 amide bonds. The third-order valence-electron chi connectivity index (χ3n) is 19.4. The lowest BCUT2D eigenvalue weighted by Gasteiger charge is -2.58. The summed E-state index contributed by atoms with van der Waals surface area (Å²) in [5.41, 5.74) is 1.88. The van der Waals surface area contributed by atoms with Gasteiger partial charge in [0.25, 0.3) is 0 Å². The molecule has 5 aliphatic carbocycles. The molecule has 11 rings (SSSR count). The maximum atomic E-state index is 15.7. The number of hydrogen-bond acceptors (Lipinski definition) is 13. The predicted molar refractivity (Wildman–Crippen MR) is 294 cm³/mol. The number of ketones is 1. The number of benzene rings is 3. The van der Waals surface area contributed by atoms with Gasteiger partial charge in [0.15, 0.2) is 0 Å². The van der Waals surface area contributed by atoms with Gasteiger partial charge >= 0.3 is 11.9 Å². The number of aliphatic hydroxyl groups excluding tert-OH is 3. The highest BCUT2D eigenvalue weighted by Crippen LogP contribution is 2.58. The summed E-state index contributed by atoms with van der Waals surface area (Å²) in [6.45, 7) is 1.09. The van der Waals surface area contributed by atoms with Gasteiger partial charge in [0.1, 0.15) is 40.7 Å². The Labute approximate surface area is 458 Å². The fourth-order valence-corrected chi connectivity index (χ4v) is 15.2. The molecule has 13 nitrogen and oxygen atoms in total. The van der Waals surface area contributed by atoms with E-state index in [0.29, 0.717) is 71.4 Å². The first kappa shape index (κ1) is 54.6. The number of Topliss-reactive ketones (excluding diaryl/α,β-unsaturated/α-hetero) is 1. The molecule has 416 valence electrons. The molecule has 0 radical (unpaired) electrons. The Kier molecular flexibility index (Phi) is 16.1. The number of fused-ring (bicyclic) bond motifs is 9. The molecule has 7 N–H and O–H groups in total. The second-order valence-corrected chi connectivity index (χ2v) is 24.6. The van der Waals surface area contributed by atoms with Crippen LogP contribution in [0.5, 0.6) is 11.5 Å². The van der Waals surface area contributed by atoms with E-state index in [9.17, 15) is 40.2 Å². The van der Waals surface area contributed by atoms with Gasteiger partial charge in [-0.3, -0.25) is 9.59 Å². The number of carbonyl (C=O) groups is 3. The van der Waals surface area contributed by atoms with Crippen molar-refractivity contribution in [3.05, 3.63) is 111 Å². The van der Waals surface area contributed by atoms with Crippen LogP contribution >= 0.6 is 0 Å². The minimum atomic E-state index is -1.67. The molecule has 8 aliphatic rings. The van der Waals surface area contributed by atoms with Crippen molar-refractivity contribution in [1.29, 1.82) is 0 Å². The van der Waals surface area contributed by atoms with Crippen LogP contribution < -0.4 is 10.1 Å². The Morgan fingerprint density at radius 3 is 2.41 bits per heavy atom. The molecule has 3 heterocycles. The van der Waals surface area contributed by atoms with Crippen LogP contribution in [0.1, 0.15) is 173 Å². The molecule has 78 heavy (non-hydrogen) atoms. The lowest BCUT2D eigenvalue weighted by Crippen LogP contribution is -2.65. The molecule has 4 fully saturated rings. The number of aliphatic hydroxyl groups is 5. The third kappa shape index (κ3) is 11.2. The number of carbonyl (C=O) groups excluding carboxylic acids is 3. The van der Waals surface area contributed by atoms with Crippen LogP contribution in [0, 0.1) is 41.4 Å². The van der Waals surface area contributed by atoms with Crippen molar-refractivity contribution < 1.29 is 59.2 Å². The summed E-state index contributed by atoms with van der Waals surface area (Å²) < 4.78 is 19.2. The second-order valence-electron chi connectivity index (χ2n) is 24.6. The minimum absolute atomic E-state index is 0.0273. The van der Waals surface area contributed by atoms with E-state index in [1.807, 2.05) is 36.4 Å². The van der Waals surface area contributed by atoms with Gasteiger partial charge in [-0.15, -0.1) is 0 Å². The van der Waals surface area contributed by atoms with E-state index in [2.05, 4.69) is 29.3 Å². The van der Waals surface area contributed by atoms with Crippen molar-refractivity contribution in [3.8, 4) is 23.3 Å². The lowest BCUT2D eigenvalue weighted by atomic mass is 9.49. The van der Waals surface area contributed by atoms with Crippen molar-refractivity contribution in [3.63, 3.8) is 0 Å². The quantitative estimate of drug-likeness (QED) is 0.0438. The van der Waals surface area contributed by atoms with E-state index in [-0.39, 0.29) is 98.7 Å². The molecule has 0 spiro atoms. The van der Waals surface area contributed by atoms with E-state index in [0.717, 1.165) is 75.3 Å². The third-order valence-corrected chi connectivity index (χ3v) is 19.4. The summed E-state index contributed by atoms with van der Waals surface area (Å²) in [7, 11) is 0.